The maximum atomic E-state index is 14.5. The number of hydrogen-bond acceptors (Lipinski definition) is 10. The Bertz CT molecular complexity index is 2230. The van der Waals surface area contributed by atoms with E-state index in [0.717, 1.165) is 16.0 Å². The molecule has 5 atom stereocenters. The van der Waals surface area contributed by atoms with E-state index in [1.165, 1.54) is 57.3 Å². The summed E-state index contributed by atoms with van der Waals surface area (Å²) in [5, 5.41) is 42.5. The Hall–Kier alpha value is -6.29. The van der Waals surface area contributed by atoms with Crippen LogP contribution in [0, 0.1) is 0 Å². The van der Waals surface area contributed by atoms with Gasteiger partial charge in [-0.1, -0.05) is 48.0 Å². The van der Waals surface area contributed by atoms with Crippen molar-refractivity contribution in [2.24, 2.45) is 5.73 Å². The van der Waals surface area contributed by atoms with Gasteiger partial charge in [-0.15, -0.1) is 0 Å². The average Bonchev–Trinajstić information content (AvgIpc) is 3.23. The molecule has 1 aliphatic rings. The standard InChI is InChI=1S/C44H49ClN6O9/c1-24(38(55)23-52)47-42(58)35-21-26-7-17-36(53)32(20-26)33-22-30(14-18-37(33)54)39(43(59)48-25(2)40(56)50-35)51(3)44(60)34(6-4-5-19-46)49-41(57)29-10-8-27(9-11-29)28-12-15-31(45)16-13-28/h7-18,20,22,24-25,34-35,39,52-54H,4-6,19,21,23,46H2,1-3H3,(H,47,58)(H,48,59)(H,49,57)(H,50,56)/t24-,25-,34-,35-,39-/m0/s1. The zero-order valence-corrected chi connectivity index (χ0v) is 34.2. The summed E-state index contributed by atoms with van der Waals surface area (Å²) in [4.78, 5) is 82.8. The number of nitrogens with one attached hydrogen (secondary N) is 4. The Kier molecular flexibility index (Phi) is 15.0. The van der Waals surface area contributed by atoms with Gasteiger partial charge in [-0.05, 0) is 110 Å². The number of carbonyl (C=O) groups is 6. The summed E-state index contributed by atoms with van der Waals surface area (Å²) in [5.41, 5.74) is 8.65. The minimum absolute atomic E-state index is 0.0951. The molecule has 0 radical (unpaired) electrons. The minimum atomic E-state index is -1.45. The number of nitrogens with two attached hydrogens (primary N) is 1. The molecule has 1 heterocycles. The zero-order valence-electron chi connectivity index (χ0n) is 33.4. The summed E-state index contributed by atoms with van der Waals surface area (Å²) in [6, 6.07) is 16.4. The zero-order chi connectivity index (χ0) is 43.7. The summed E-state index contributed by atoms with van der Waals surface area (Å²) in [6.07, 6.45) is 1.06. The maximum Gasteiger partial charge on any atom is 0.251 e. The molecular formula is C44H49ClN6O9. The third-order valence-corrected chi connectivity index (χ3v) is 10.6. The van der Waals surface area contributed by atoms with Crippen molar-refractivity contribution in [2.75, 3.05) is 20.2 Å². The Morgan fingerprint density at radius 1 is 0.850 bits per heavy atom. The van der Waals surface area contributed by atoms with E-state index in [2.05, 4.69) is 21.3 Å². The van der Waals surface area contributed by atoms with Gasteiger partial charge in [0.1, 0.15) is 42.3 Å². The van der Waals surface area contributed by atoms with Crippen LogP contribution in [0.1, 0.15) is 60.6 Å². The molecule has 5 rings (SSSR count). The Morgan fingerprint density at radius 3 is 2.10 bits per heavy atom. The van der Waals surface area contributed by atoms with Gasteiger partial charge < -0.3 is 47.2 Å². The van der Waals surface area contributed by atoms with Gasteiger partial charge >= 0.3 is 0 Å². The first-order valence-electron chi connectivity index (χ1n) is 19.4. The Balaban J connectivity index is 1.49. The number of rotatable bonds is 13. The third-order valence-electron chi connectivity index (χ3n) is 10.4. The van der Waals surface area contributed by atoms with Crippen molar-refractivity contribution in [1.82, 2.24) is 26.2 Å². The number of halogens is 1. The van der Waals surface area contributed by atoms with E-state index in [-0.39, 0.29) is 46.6 Å². The molecule has 15 nitrogen and oxygen atoms in total. The number of aliphatic hydroxyl groups is 1. The molecule has 316 valence electrons. The molecule has 16 heteroatoms. The molecule has 4 aromatic rings. The lowest BCUT2D eigenvalue weighted by molar-refractivity contribution is -0.141. The van der Waals surface area contributed by atoms with Crippen LogP contribution in [0.25, 0.3) is 22.3 Å². The Labute approximate surface area is 352 Å². The van der Waals surface area contributed by atoms with Crippen LogP contribution in [-0.4, -0.2) is 99.9 Å². The van der Waals surface area contributed by atoms with E-state index < -0.39 is 72.1 Å². The smallest absolute Gasteiger partial charge is 0.251 e. The van der Waals surface area contributed by atoms with Crippen molar-refractivity contribution >= 4 is 46.9 Å². The van der Waals surface area contributed by atoms with Crippen molar-refractivity contribution in [3.8, 4) is 33.8 Å². The van der Waals surface area contributed by atoms with Gasteiger partial charge in [-0.3, -0.25) is 28.8 Å². The lowest BCUT2D eigenvalue weighted by Crippen LogP contribution is -2.57. The van der Waals surface area contributed by atoms with E-state index >= 15 is 0 Å². The average molecular weight is 841 g/mol. The van der Waals surface area contributed by atoms with Crippen LogP contribution in [0.5, 0.6) is 11.5 Å². The summed E-state index contributed by atoms with van der Waals surface area (Å²) in [7, 11) is 1.38. The second kappa shape index (κ2) is 20.1. The van der Waals surface area contributed by atoms with Crippen LogP contribution < -0.4 is 27.0 Å². The molecule has 0 unspecified atom stereocenters. The second-order valence-corrected chi connectivity index (χ2v) is 15.2. The highest BCUT2D eigenvalue weighted by Gasteiger charge is 2.36. The topological polar surface area (TPSA) is 240 Å². The summed E-state index contributed by atoms with van der Waals surface area (Å²) < 4.78 is 0. The largest absolute Gasteiger partial charge is 0.507 e. The lowest BCUT2D eigenvalue weighted by Gasteiger charge is -2.32. The number of aliphatic hydroxyl groups excluding tert-OH is 1. The van der Waals surface area contributed by atoms with E-state index in [0.29, 0.717) is 30.0 Å². The van der Waals surface area contributed by atoms with E-state index in [1.807, 2.05) is 12.1 Å². The first-order chi connectivity index (χ1) is 28.6. The van der Waals surface area contributed by atoms with Gasteiger partial charge in [-0.25, -0.2) is 0 Å². The molecule has 60 heavy (non-hydrogen) atoms. The van der Waals surface area contributed by atoms with Crippen molar-refractivity contribution in [2.45, 2.75) is 69.7 Å². The van der Waals surface area contributed by atoms with Crippen LogP contribution in [0.2, 0.25) is 5.02 Å². The molecule has 0 fully saturated rings. The molecule has 4 bridgehead atoms. The molecular weight excluding hydrogens is 792 g/mol. The fourth-order valence-corrected chi connectivity index (χ4v) is 6.99. The van der Waals surface area contributed by atoms with Crippen molar-refractivity contribution in [3.63, 3.8) is 0 Å². The third kappa shape index (κ3) is 10.8. The van der Waals surface area contributed by atoms with Crippen molar-refractivity contribution in [1.29, 1.82) is 0 Å². The molecule has 4 aromatic carbocycles. The highest BCUT2D eigenvalue weighted by atomic mass is 35.5. The number of phenolic OH excluding ortho intramolecular Hbond substituents is 2. The number of nitrogens with zero attached hydrogens (tertiary/aromatic N) is 1. The molecule has 0 saturated heterocycles. The first-order valence-corrected chi connectivity index (χ1v) is 19.8. The Morgan fingerprint density at radius 2 is 1.47 bits per heavy atom. The van der Waals surface area contributed by atoms with Crippen LogP contribution in [0.3, 0.4) is 0 Å². The molecule has 0 spiro atoms. The minimum Gasteiger partial charge on any atom is -0.507 e. The summed E-state index contributed by atoms with van der Waals surface area (Å²) >= 11 is 6.04. The van der Waals surface area contributed by atoms with Gasteiger partial charge in [0.2, 0.25) is 23.6 Å². The number of phenols is 2. The molecule has 0 saturated carbocycles. The fourth-order valence-electron chi connectivity index (χ4n) is 6.87. The van der Waals surface area contributed by atoms with E-state index in [4.69, 9.17) is 17.3 Å². The number of fused-ring (bicyclic) bond motifs is 5. The number of amides is 5. The quantitative estimate of drug-likeness (QED) is 0.0916. The van der Waals surface area contributed by atoms with Gasteiger partial charge in [-0.2, -0.15) is 0 Å². The van der Waals surface area contributed by atoms with E-state index in [1.54, 1.807) is 36.4 Å². The number of hydrogen-bond donors (Lipinski definition) is 8. The second-order valence-electron chi connectivity index (χ2n) is 14.7. The number of carbonyl (C=O) groups excluding carboxylic acids is 6. The highest BCUT2D eigenvalue weighted by Crippen LogP contribution is 2.39. The van der Waals surface area contributed by atoms with Gasteiger partial charge in [0, 0.05) is 35.2 Å². The molecule has 0 aliphatic carbocycles. The molecule has 5 amide bonds. The number of unbranched alkanes of at least 4 members (excludes halogenated alkanes) is 1. The normalized spacial score (nSPS) is 17.5. The van der Waals surface area contributed by atoms with Crippen LogP contribution in [0.15, 0.2) is 84.9 Å². The van der Waals surface area contributed by atoms with Gasteiger partial charge in [0.05, 0.1) is 6.04 Å². The number of Topliss-reactive ketones (excluding diaryl/α,β-unsaturated/α-hetero) is 1. The van der Waals surface area contributed by atoms with Crippen LogP contribution in [0.4, 0.5) is 0 Å². The number of ketones is 1. The molecule has 9 N–H and O–H groups in total. The number of aromatic hydroxyl groups is 2. The van der Waals surface area contributed by atoms with Gasteiger partial charge in [0.15, 0.2) is 5.78 Å². The number of benzene rings is 4. The number of likely N-dealkylation sites (N-methyl/N-ethyl adjacent to an activating group) is 1. The molecule has 1 aliphatic heterocycles. The maximum absolute atomic E-state index is 14.5. The SMILES string of the molecule is C[C@H](NC(=O)[C@@H]1Cc2ccc(O)c(c2)-c2cc(ccc2O)[C@H](N(C)C(=O)[C@H](CCCCN)NC(=O)c2ccc(-c3ccc(Cl)cc3)cc2)C(=O)N[C@@H](C)C(=O)N1)C(=O)CO. The van der Waals surface area contributed by atoms with Crippen LogP contribution >= 0.6 is 11.6 Å². The predicted molar refractivity (Wildman–Crippen MR) is 225 cm³/mol. The summed E-state index contributed by atoms with van der Waals surface area (Å²) in [6.45, 7) is 2.30. The van der Waals surface area contributed by atoms with Crippen LogP contribution in [-0.2, 0) is 30.4 Å². The fraction of sp³-hybridized carbons (Fsp3) is 0.318. The van der Waals surface area contributed by atoms with Gasteiger partial charge in [0.25, 0.3) is 5.91 Å². The monoisotopic (exact) mass is 840 g/mol. The highest BCUT2D eigenvalue weighted by molar-refractivity contribution is 6.30. The van der Waals surface area contributed by atoms with Crippen molar-refractivity contribution in [3.05, 3.63) is 107 Å². The van der Waals surface area contributed by atoms with E-state index in [9.17, 15) is 44.1 Å². The predicted octanol–water partition coefficient (Wildman–Crippen LogP) is 3.12. The first kappa shape index (κ1) is 44.8. The summed E-state index contributed by atoms with van der Waals surface area (Å²) in [5.74, 6) is -4.70. The van der Waals surface area contributed by atoms with Crippen molar-refractivity contribution < 1.29 is 44.1 Å². The molecule has 0 aromatic heterocycles. The lowest BCUT2D eigenvalue weighted by atomic mass is 9.93.